The summed E-state index contributed by atoms with van der Waals surface area (Å²) in [5.41, 5.74) is 3.28. The molecule has 0 atom stereocenters. The molecule has 19 heavy (non-hydrogen) atoms. The van der Waals surface area contributed by atoms with Gasteiger partial charge in [0.2, 0.25) is 0 Å². The summed E-state index contributed by atoms with van der Waals surface area (Å²) in [5.74, 6) is 1.01. The van der Waals surface area contributed by atoms with Gasteiger partial charge in [-0.2, -0.15) is 0 Å². The van der Waals surface area contributed by atoms with Crippen LogP contribution in [0.5, 0.6) is 5.75 Å². The van der Waals surface area contributed by atoms with E-state index in [2.05, 4.69) is 0 Å². The standard InChI is InChI=1S/C17H18O2/c1-13-6-8-14(9-7-13)10-16(18)11-15-4-3-5-17(12-15)19-2/h3-9,12H,10-11H2,1-2H3. The fraction of sp³-hybridized carbons (Fsp3) is 0.235. The van der Waals surface area contributed by atoms with E-state index in [0.29, 0.717) is 12.8 Å². The second kappa shape index (κ2) is 6.19. The Morgan fingerprint density at radius 1 is 1.00 bits per heavy atom. The molecule has 0 aromatic heterocycles. The van der Waals surface area contributed by atoms with E-state index in [1.54, 1.807) is 7.11 Å². The van der Waals surface area contributed by atoms with E-state index in [0.717, 1.165) is 16.9 Å². The minimum atomic E-state index is 0.220. The number of methoxy groups -OCH3 is 1. The van der Waals surface area contributed by atoms with E-state index < -0.39 is 0 Å². The maximum absolute atomic E-state index is 12.0. The van der Waals surface area contributed by atoms with E-state index in [1.807, 2.05) is 55.5 Å². The van der Waals surface area contributed by atoms with Crippen molar-refractivity contribution < 1.29 is 9.53 Å². The van der Waals surface area contributed by atoms with Crippen LogP contribution in [-0.4, -0.2) is 12.9 Å². The van der Waals surface area contributed by atoms with Gasteiger partial charge in [-0.25, -0.2) is 0 Å². The predicted molar refractivity (Wildman–Crippen MR) is 76.6 cm³/mol. The summed E-state index contributed by atoms with van der Waals surface area (Å²) in [7, 11) is 1.63. The largest absolute Gasteiger partial charge is 0.497 e. The maximum Gasteiger partial charge on any atom is 0.141 e. The zero-order valence-electron chi connectivity index (χ0n) is 11.3. The number of benzene rings is 2. The Balaban J connectivity index is 1.99. The molecule has 98 valence electrons. The molecule has 0 saturated heterocycles. The van der Waals surface area contributed by atoms with Gasteiger partial charge in [0.15, 0.2) is 0 Å². The summed E-state index contributed by atoms with van der Waals surface area (Å²) in [6.07, 6.45) is 0.933. The lowest BCUT2D eigenvalue weighted by Gasteiger charge is -2.05. The minimum absolute atomic E-state index is 0.220. The Bertz CT molecular complexity index is 556. The molecule has 0 bridgehead atoms. The van der Waals surface area contributed by atoms with Crippen molar-refractivity contribution in [2.45, 2.75) is 19.8 Å². The van der Waals surface area contributed by atoms with E-state index in [-0.39, 0.29) is 5.78 Å². The van der Waals surface area contributed by atoms with Crippen LogP contribution in [0.2, 0.25) is 0 Å². The molecule has 0 amide bonds. The van der Waals surface area contributed by atoms with Gasteiger partial charge in [-0.05, 0) is 30.2 Å². The number of aryl methyl sites for hydroxylation is 1. The summed E-state index contributed by atoms with van der Waals surface area (Å²) < 4.78 is 5.16. The zero-order chi connectivity index (χ0) is 13.7. The van der Waals surface area contributed by atoms with Crippen molar-refractivity contribution in [2.75, 3.05) is 7.11 Å². The van der Waals surface area contributed by atoms with Crippen molar-refractivity contribution >= 4 is 5.78 Å². The third-order valence-corrected chi connectivity index (χ3v) is 3.06. The Labute approximate surface area is 114 Å². The van der Waals surface area contributed by atoms with Gasteiger partial charge >= 0.3 is 0 Å². The highest BCUT2D eigenvalue weighted by molar-refractivity contribution is 5.83. The van der Waals surface area contributed by atoms with Crippen LogP contribution in [0.25, 0.3) is 0 Å². The first-order valence-corrected chi connectivity index (χ1v) is 6.37. The molecular formula is C17H18O2. The number of carbonyl (C=O) groups excluding carboxylic acids is 1. The third-order valence-electron chi connectivity index (χ3n) is 3.06. The summed E-state index contributed by atoms with van der Waals surface area (Å²) in [6.45, 7) is 2.04. The molecule has 2 aromatic carbocycles. The molecule has 2 aromatic rings. The van der Waals surface area contributed by atoms with Crippen molar-refractivity contribution in [3.63, 3.8) is 0 Å². The van der Waals surface area contributed by atoms with Gasteiger partial charge in [0.1, 0.15) is 11.5 Å². The van der Waals surface area contributed by atoms with E-state index >= 15 is 0 Å². The van der Waals surface area contributed by atoms with Crippen LogP contribution in [0.3, 0.4) is 0 Å². The van der Waals surface area contributed by atoms with Crippen LogP contribution in [-0.2, 0) is 17.6 Å². The summed E-state index contributed by atoms with van der Waals surface area (Å²) in [4.78, 5) is 12.0. The van der Waals surface area contributed by atoms with Crippen molar-refractivity contribution in [2.24, 2.45) is 0 Å². The number of hydrogen-bond donors (Lipinski definition) is 0. The molecule has 0 aliphatic rings. The van der Waals surface area contributed by atoms with Crippen LogP contribution >= 0.6 is 0 Å². The number of ketones is 1. The van der Waals surface area contributed by atoms with Gasteiger partial charge in [-0.15, -0.1) is 0 Å². The van der Waals surface area contributed by atoms with E-state index in [9.17, 15) is 4.79 Å². The van der Waals surface area contributed by atoms with Crippen LogP contribution in [0.1, 0.15) is 16.7 Å². The molecule has 2 nitrogen and oxygen atoms in total. The fourth-order valence-electron chi connectivity index (χ4n) is 2.01. The Morgan fingerprint density at radius 3 is 2.37 bits per heavy atom. The number of carbonyl (C=O) groups is 1. The Morgan fingerprint density at radius 2 is 1.68 bits per heavy atom. The number of ether oxygens (including phenoxy) is 1. The average Bonchev–Trinajstić information content (AvgIpc) is 2.41. The van der Waals surface area contributed by atoms with Crippen molar-refractivity contribution in [3.8, 4) is 5.75 Å². The van der Waals surface area contributed by atoms with Gasteiger partial charge < -0.3 is 4.74 Å². The lowest BCUT2D eigenvalue weighted by atomic mass is 10.0. The molecule has 0 radical (unpaired) electrons. The smallest absolute Gasteiger partial charge is 0.141 e. The average molecular weight is 254 g/mol. The van der Waals surface area contributed by atoms with Gasteiger partial charge in [0.05, 0.1) is 7.11 Å². The Hall–Kier alpha value is -2.09. The molecular weight excluding hydrogens is 236 g/mol. The third kappa shape index (κ3) is 3.95. The summed E-state index contributed by atoms with van der Waals surface area (Å²) >= 11 is 0. The molecule has 2 rings (SSSR count). The van der Waals surface area contributed by atoms with Crippen LogP contribution in [0.4, 0.5) is 0 Å². The first-order valence-electron chi connectivity index (χ1n) is 6.37. The second-order valence-electron chi connectivity index (χ2n) is 4.73. The van der Waals surface area contributed by atoms with Crippen LogP contribution in [0.15, 0.2) is 48.5 Å². The van der Waals surface area contributed by atoms with Gasteiger partial charge in [-0.3, -0.25) is 4.79 Å². The van der Waals surface area contributed by atoms with Crippen molar-refractivity contribution in [1.29, 1.82) is 0 Å². The highest BCUT2D eigenvalue weighted by Crippen LogP contribution is 2.14. The first-order chi connectivity index (χ1) is 9.17. The quantitative estimate of drug-likeness (QED) is 0.817. The molecule has 0 heterocycles. The molecule has 0 spiro atoms. The monoisotopic (exact) mass is 254 g/mol. The van der Waals surface area contributed by atoms with E-state index in [4.69, 9.17) is 4.74 Å². The van der Waals surface area contributed by atoms with Crippen LogP contribution in [0, 0.1) is 6.92 Å². The van der Waals surface area contributed by atoms with Gasteiger partial charge in [0, 0.05) is 12.8 Å². The first kappa shape index (κ1) is 13.3. The SMILES string of the molecule is COc1cccc(CC(=O)Cc2ccc(C)cc2)c1. The zero-order valence-corrected chi connectivity index (χ0v) is 11.3. The van der Waals surface area contributed by atoms with E-state index in [1.165, 1.54) is 5.56 Å². The minimum Gasteiger partial charge on any atom is -0.497 e. The molecule has 0 N–H and O–H groups in total. The highest BCUT2D eigenvalue weighted by atomic mass is 16.5. The van der Waals surface area contributed by atoms with Gasteiger partial charge in [-0.1, -0.05) is 42.0 Å². The van der Waals surface area contributed by atoms with Crippen LogP contribution < -0.4 is 4.74 Å². The molecule has 0 fully saturated rings. The highest BCUT2D eigenvalue weighted by Gasteiger charge is 2.06. The number of rotatable bonds is 5. The molecule has 0 unspecified atom stereocenters. The van der Waals surface area contributed by atoms with Gasteiger partial charge in [0.25, 0.3) is 0 Å². The molecule has 0 aliphatic carbocycles. The lowest BCUT2D eigenvalue weighted by molar-refractivity contribution is -0.117. The predicted octanol–water partition coefficient (Wildman–Crippen LogP) is 3.36. The maximum atomic E-state index is 12.0. The molecule has 2 heteroatoms. The van der Waals surface area contributed by atoms with Crippen molar-refractivity contribution in [1.82, 2.24) is 0 Å². The fourth-order valence-corrected chi connectivity index (χ4v) is 2.01. The summed E-state index contributed by atoms with van der Waals surface area (Å²) in [6, 6.07) is 15.8. The molecule has 0 saturated carbocycles. The number of Topliss-reactive ketones (excluding diaryl/α,β-unsaturated/α-hetero) is 1. The number of hydrogen-bond acceptors (Lipinski definition) is 2. The Kier molecular flexibility index (Phi) is 4.35. The lowest BCUT2D eigenvalue weighted by Crippen LogP contribution is -2.06. The molecule has 0 aliphatic heterocycles. The topological polar surface area (TPSA) is 26.3 Å². The second-order valence-corrected chi connectivity index (χ2v) is 4.73. The normalized spacial score (nSPS) is 10.2. The van der Waals surface area contributed by atoms with Crippen molar-refractivity contribution in [3.05, 3.63) is 65.2 Å². The summed E-state index contributed by atoms with van der Waals surface area (Å²) in [5, 5.41) is 0.